The molecular weight excluding hydrogens is 160 g/mol. The predicted molar refractivity (Wildman–Crippen MR) is 43.0 cm³/mol. The number of aliphatic hydroxyl groups is 1. The molecule has 0 aromatic carbocycles. The number of fused-ring (bicyclic) bond motifs is 1. The molecule has 2 saturated heterocycles. The van der Waals surface area contributed by atoms with Gasteiger partial charge in [-0.1, -0.05) is 0 Å². The fourth-order valence-electron chi connectivity index (χ4n) is 1.63. The third-order valence-electron chi connectivity index (χ3n) is 2.22. The zero-order chi connectivity index (χ0) is 8.97. The van der Waals surface area contributed by atoms with Crippen LogP contribution in [0.2, 0.25) is 0 Å². The Balaban J connectivity index is 0.000000336. The van der Waals surface area contributed by atoms with Crippen LogP contribution in [0.5, 0.6) is 0 Å². The molecule has 72 valence electrons. The van der Waals surface area contributed by atoms with Crippen molar-refractivity contribution in [3.63, 3.8) is 0 Å². The van der Waals surface area contributed by atoms with Gasteiger partial charge in [0.25, 0.3) is 0 Å². The SMILES string of the molecule is CO.CO[C@@H]1CO[C@@H]2CCO[C@H]12. The van der Waals surface area contributed by atoms with Crippen molar-refractivity contribution in [2.24, 2.45) is 0 Å². The molecule has 0 aromatic rings. The molecule has 0 bridgehead atoms. The first kappa shape index (κ1) is 9.92. The Bertz CT molecular complexity index is 128. The van der Waals surface area contributed by atoms with Gasteiger partial charge in [-0.3, -0.25) is 0 Å². The fraction of sp³-hybridized carbons (Fsp3) is 1.00. The molecule has 0 aliphatic carbocycles. The molecule has 2 heterocycles. The first-order valence-electron chi connectivity index (χ1n) is 4.12. The lowest BCUT2D eigenvalue weighted by atomic mass is 10.1. The van der Waals surface area contributed by atoms with Gasteiger partial charge in [0.05, 0.1) is 12.7 Å². The Hall–Kier alpha value is -0.160. The summed E-state index contributed by atoms with van der Waals surface area (Å²) in [6.45, 7) is 1.53. The van der Waals surface area contributed by atoms with Crippen molar-refractivity contribution in [1.29, 1.82) is 0 Å². The van der Waals surface area contributed by atoms with Crippen LogP contribution in [0.15, 0.2) is 0 Å². The van der Waals surface area contributed by atoms with Gasteiger partial charge in [0, 0.05) is 20.8 Å². The second-order valence-corrected chi connectivity index (χ2v) is 2.77. The van der Waals surface area contributed by atoms with Crippen LogP contribution in [0.25, 0.3) is 0 Å². The summed E-state index contributed by atoms with van der Waals surface area (Å²) >= 11 is 0. The number of methoxy groups -OCH3 is 1. The number of aliphatic hydroxyl groups excluding tert-OH is 1. The van der Waals surface area contributed by atoms with Gasteiger partial charge in [-0.2, -0.15) is 0 Å². The summed E-state index contributed by atoms with van der Waals surface area (Å²) in [6, 6.07) is 0. The van der Waals surface area contributed by atoms with E-state index in [2.05, 4.69) is 0 Å². The van der Waals surface area contributed by atoms with Crippen LogP contribution < -0.4 is 0 Å². The highest BCUT2D eigenvalue weighted by Crippen LogP contribution is 2.27. The van der Waals surface area contributed by atoms with Crippen LogP contribution in [-0.2, 0) is 14.2 Å². The van der Waals surface area contributed by atoms with E-state index in [4.69, 9.17) is 19.3 Å². The average molecular weight is 176 g/mol. The van der Waals surface area contributed by atoms with Gasteiger partial charge in [-0.15, -0.1) is 0 Å². The summed E-state index contributed by atoms with van der Waals surface area (Å²) in [7, 11) is 2.71. The molecule has 2 aliphatic rings. The van der Waals surface area contributed by atoms with E-state index in [-0.39, 0.29) is 12.2 Å². The van der Waals surface area contributed by atoms with Crippen LogP contribution in [0, 0.1) is 0 Å². The molecule has 0 spiro atoms. The van der Waals surface area contributed by atoms with Crippen molar-refractivity contribution in [3.8, 4) is 0 Å². The van der Waals surface area contributed by atoms with E-state index in [0.29, 0.717) is 12.7 Å². The van der Waals surface area contributed by atoms with E-state index in [1.165, 1.54) is 0 Å². The summed E-state index contributed by atoms with van der Waals surface area (Å²) in [5.41, 5.74) is 0. The molecule has 1 N–H and O–H groups in total. The minimum Gasteiger partial charge on any atom is -0.400 e. The minimum absolute atomic E-state index is 0.174. The summed E-state index contributed by atoms with van der Waals surface area (Å²) in [5.74, 6) is 0. The number of hydrogen-bond acceptors (Lipinski definition) is 4. The van der Waals surface area contributed by atoms with E-state index in [1.807, 2.05) is 0 Å². The van der Waals surface area contributed by atoms with E-state index in [1.54, 1.807) is 7.11 Å². The van der Waals surface area contributed by atoms with Gasteiger partial charge < -0.3 is 19.3 Å². The van der Waals surface area contributed by atoms with Crippen molar-refractivity contribution in [2.45, 2.75) is 24.7 Å². The van der Waals surface area contributed by atoms with Crippen molar-refractivity contribution in [3.05, 3.63) is 0 Å². The molecule has 4 nitrogen and oxygen atoms in total. The van der Waals surface area contributed by atoms with Crippen LogP contribution in [0.4, 0.5) is 0 Å². The quantitative estimate of drug-likeness (QED) is 0.601. The zero-order valence-corrected chi connectivity index (χ0v) is 7.53. The number of rotatable bonds is 1. The highest BCUT2D eigenvalue weighted by molar-refractivity contribution is 4.89. The highest BCUT2D eigenvalue weighted by atomic mass is 16.6. The predicted octanol–water partition coefficient (Wildman–Crippen LogP) is -0.202. The Morgan fingerprint density at radius 2 is 2.08 bits per heavy atom. The van der Waals surface area contributed by atoms with Gasteiger partial charge in [0.2, 0.25) is 0 Å². The third-order valence-corrected chi connectivity index (χ3v) is 2.22. The Labute approximate surface area is 72.4 Å². The van der Waals surface area contributed by atoms with Crippen molar-refractivity contribution >= 4 is 0 Å². The molecule has 3 atom stereocenters. The Morgan fingerprint density at radius 3 is 2.75 bits per heavy atom. The molecule has 0 radical (unpaired) electrons. The average Bonchev–Trinajstić information content (AvgIpc) is 2.67. The number of hydrogen-bond donors (Lipinski definition) is 1. The molecule has 0 amide bonds. The smallest absolute Gasteiger partial charge is 0.112 e. The maximum atomic E-state index is 7.00. The summed E-state index contributed by atoms with van der Waals surface area (Å²) < 4.78 is 16.0. The van der Waals surface area contributed by atoms with Gasteiger partial charge in [-0.05, 0) is 6.42 Å². The normalized spacial score (nSPS) is 38.8. The van der Waals surface area contributed by atoms with Crippen molar-refractivity contribution in [1.82, 2.24) is 0 Å². The lowest BCUT2D eigenvalue weighted by Crippen LogP contribution is -2.28. The molecule has 2 aliphatic heterocycles. The monoisotopic (exact) mass is 176 g/mol. The molecule has 2 fully saturated rings. The zero-order valence-electron chi connectivity index (χ0n) is 7.53. The van der Waals surface area contributed by atoms with E-state index >= 15 is 0 Å². The standard InChI is InChI=1S/C7H12O3.CH4O/c1-8-6-4-10-5-2-3-9-7(5)6;1-2/h5-7H,2-4H2,1H3;2H,1H3/t5-,6-,7+;/m1./s1. The molecule has 4 heteroatoms. The molecule has 2 rings (SSSR count). The molecule has 0 saturated carbocycles. The lowest BCUT2D eigenvalue weighted by molar-refractivity contribution is -0.00727. The third kappa shape index (κ3) is 1.77. The Morgan fingerprint density at radius 1 is 1.33 bits per heavy atom. The van der Waals surface area contributed by atoms with Crippen LogP contribution in [-0.4, -0.2) is 50.9 Å². The van der Waals surface area contributed by atoms with E-state index < -0.39 is 0 Å². The van der Waals surface area contributed by atoms with Gasteiger partial charge in [0.15, 0.2) is 0 Å². The molecule has 0 aromatic heterocycles. The fourth-order valence-corrected chi connectivity index (χ4v) is 1.63. The Kier molecular flexibility index (Phi) is 3.94. The van der Waals surface area contributed by atoms with Gasteiger partial charge >= 0.3 is 0 Å². The highest BCUT2D eigenvalue weighted by Gasteiger charge is 2.41. The maximum Gasteiger partial charge on any atom is 0.112 e. The van der Waals surface area contributed by atoms with Crippen LogP contribution in [0.3, 0.4) is 0 Å². The van der Waals surface area contributed by atoms with E-state index in [0.717, 1.165) is 20.1 Å². The maximum absolute atomic E-state index is 7.00. The summed E-state index contributed by atoms with van der Waals surface area (Å²) in [6.07, 6.45) is 1.73. The van der Waals surface area contributed by atoms with Gasteiger partial charge in [-0.25, -0.2) is 0 Å². The van der Waals surface area contributed by atoms with Crippen molar-refractivity contribution < 1.29 is 19.3 Å². The summed E-state index contributed by atoms with van der Waals surface area (Å²) in [5, 5.41) is 7.00. The largest absolute Gasteiger partial charge is 0.400 e. The second-order valence-electron chi connectivity index (χ2n) is 2.77. The van der Waals surface area contributed by atoms with Gasteiger partial charge in [0.1, 0.15) is 12.2 Å². The first-order chi connectivity index (χ1) is 5.92. The molecule has 12 heavy (non-hydrogen) atoms. The van der Waals surface area contributed by atoms with Crippen LogP contribution in [0.1, 0.15) is 6.42 Å². The first-order valence-corrected chi connectivity index (χ1v) is 4.12. The molecular formula is C8H16O4. The molecule has 0 unspecified atom stereocenters. The topological polar surface area (TPSA) is 47.9 Å². The lowest BCUT2D eigenvalue weighted by Gasteiger charge is -2.12. The number of ether oxygens (including phenoxy) is 3. The minimum atomic E-state index is 0.174. The second kappa shape index (κ2) is 4.77. The summed E-state index contributed by atoms with van der Waals surface area (Å²) in [4.78, 5) is 0. The van der Waals surface area contributed by atoms with Crippen LogP contribution >= 0.6 is 0 Å². The van der Waals surface area contributed by atoms with Crippen molar-refractivity contribution in [2.75, 3.05) is 27.4 Å². The van der Waals surface area contributed by atoms with E-state index in [9.17, 15) is 0 Å².